The van der Waals surface area contributed by atoms with E-state index in [-0.39, 0.29) is 0 Å². The lowest BCUT2D eigenvalue weighted by Gasteiger charge is -2.49. The first kappa shape index (κ1) is 18.1. The molecule has 0 N–H and O–H groups in total. The normalized spacial score (nSPS) is 18.1. The van der Waals surface area contributed by atoms with Crippen molar-refractivity contribution in [2.45, 2.75) is 6.04 Å². The summed E-state index contributed by atoms with van der Waals surface area (Å²) in [6.45, 7) is 6.34. The van der Waals surface area contributed by atoms with Gasteiger partial charge >= 0.3 is 0 Å². The van der Waals surface area contributed by atoms with E-state index in [0.29, 0.717) is 11.6 Å². The predicted molar refractivity (Wildman–Crippen MR) is 112 cm³/mol. The Morgan fingerprint density at radius 3 is 2.30 bits per heavy atom. The van der Waals surface area contributed by atoms with Gasteiger partial charge in [-0.3, -0.25) is 4.90 Å². The molecule has 0 amide bonds. The van der Waals surface area contributed by atoms with Crippen molar-refractivity contribution >= 4 is 27.3 Å². The molecule has 0 radical (unpaired) electrons. The molecule has 27 heavy (non-hydrogen) atoms. The highest BCUT2D eigenvalue weighted by atomic mass is 79.9. The zero-order valence-corrected chi connectivity index (χ0v) is 17.0. The van der Waals surface area contributed by atoms with Crippen LogP contribution in [0.2, 0.25) is 0 Å². The molecular formula is C21H23BrN4O. The monoisotopic (exact) mass is 426 g/mol. The van der Waals surface area contributed by atoms with Gasteiger partial charge < -0.3 is 14.5 Å². The summed E-state index contributed by atoms with van der Waals surface area (Å²) in [4.78, 5) is 7.38. The van der Waals surface area contributed by atoms with Crippen LogP contribution >= 0.6 is 15.9 Å². The lowest BCUT2D eigenvalue weighted by atomic mass is 10.0. The molecule has 2 fully saturated rings. The Morgan fingerprint density at radius 2 is 1.67 bits per heavy atom. The number of ether oxygens (including phenoxy) is 1. The first-order valence-corrected chi connectivity index (χ1v) is 10.0. The maximum absolute atomic E-state index is 9.20. The van der Waals surface area contributed by atoms with Crippen LogP contribution < -0.4 is 14.5 Å². The van der Waals surface area contributed by atoms with Crippen molar-refractivity contribution in [2.75, 3.05) is 56.2 Å². The average Bonchev–Trinajstić information content (AvgIpc) is 2.68. The molecule has 2 aliphatic heterocycles. The lowest BCUT2D eigenvalue weighted by Crippen LogP contribution is -2.63. The van der Waals surface area contributed by atoms with Crippen molar-refractivity contribution in [2.24, 2.45) is 0 Å². The van der Waals surface area contributed by atoms with Crippen molar-refractivity contribution in [3.05, 3.63) is 52.5 Å². The van der Waals surface area contributed by atoms with E-state index in [0.717, 1.165) is 55.2 Å². The summed E-state index contributed by atoms with van der Waals surface area (Å²) >= 11 is 3.50. The fourth-order valence-corrected chi connectivity index (χ4v) is 4.11. The van der Waals surface area contributed by atoms with Crippen LogP contribution in [0.4, 0.5) is 11.4 Å². The maximum atomic E-state index is 9.20. The average molecular weight is 427 g/mol. The first-order chi connectivity index (χ1) is 13.2. The lowest BCUT2D eigenvalue weighted by molar-refractivity contribution is 0.157. The molecule has 0 spiro atoms. The van der Waals surface area contributed by atoms with Crippen molar-refractivity contribution in [1.29, 1.82) is 5.26 Å². The van der Waals surface area contributed by atoms with E-state index < -0.39 is 0 Å². The number of benzene rings is 2. The second-order valence-electron chi connectivity index (χ2n) is 7.09. The SMILES string of the molecule is COc1cc(C#N)cc(N2CC(N3CCN(c4ccc(Br)cc4)CC3)C2)c1. The molecule has 0 bridgehead atoms. The fourth-order valence-electron chi connectivity index (χ4n) is 3.84. The molecule has 0 saturated carbocycles. The molecule has 0 aliphatic carbocycles. The minimum atomic E-state index is 0.591. The van der Waals surface area contributed by atoms with Crippen LogP contribution in [-0.2, 0) is 0 Å². The summed E-state index contributed by atoms with van der Waals surface area (Å²) in [6.07, 6.45) is 0. The minimum absolute atomic E-state index is 0.591. The van der Waals surface area contributed by atoms with E-state index in [4.69, 9.17) is 4.74 Å². The van der Waals surface area contributed by atoms with Gasteiger partial charge in [0.05, 0.1) is 18.7 Å². The Labute approximate surface area is 168 Å². The topological polar surface area (TPSA) is 42.7 Å². The zero-order valence-electron chi connectivity index (χ0n) is 15.4. The molecule has 0 atom stereocenters. The quantitative estimate of drug-likeness (QED) is 0.749. The predicted octanol–water partition coefficient (Wildman–Crippen LogP) is 3.34. The molecule has 0 unspecified atom stereocenters. The molecule has 4 rings (SSSR count). The highest BCUT2D eigenvalue weighted by Crippen LogP contribution is 2.29. The zero-order chi connectivity index (χ0) is 18.8. The van der Waals surface area contributed by atoms with Crippen LogP contribution in [0.3, 0.4) is 0 Å². The number of piperazine rings is 1. The van der Waals surface area contributed by atoms with Gasteiger partial charge in [-0.25, -0.2) is 0 Å². The standard InChI is InChI=1S/C21H23BrN4O/c1-27-21-11-16(13-23)10-19(12-21)26-14-20(15-26)25-8-6-24(7-9-25)18-4-2-17(22)3-5-18/h2-5,10-12,20H,6-9,14-15H2,1H3. The number of hydrogen-bond donors (Lipinski definition) is 0. The molecule has 140 valence electrons. The van der Waals surface area contributed by atoms with Gasteiger partial charge in [-0.1, -0.05) is 15.9 Å². The number of rotatable bonds is 4. The number of nitrogens with zero attached hydrogens (tertiary/aromatic N) is 4. The van der Waals surface area contributed by atoms with Crippen molar-refractivity contribution in [3.8, 4) is 11.8 Å². The van der Waals surface area contributed by atoms with Crippen molar-refractivity contribution < 1.29 is 4.74 Å². The summed E-state index contributed by atoms with van der Waals surface area (Å²) in [7, 11) is 1.64. The number of anilines is 2. The molecule has 2 saturated heterocycles. The maximum Gasteiger partial charge on any atom is 0.122 e. The molecule has 2 aromatic carbocycles. The third-order valence-electron chi connectivity index (χ3n) is 5.51. The molecule has 2 aliphatic rings. The molecule has 2 heterocycles. The third kappa shape index (κ3) is 3.90. The van der Waals surface area contributed by atoms with Crippen molar-refractivity contribution in [3.63, 3.8) is 0 Å². The van der Waals surface area contributed by atoms with E-state index in [9.17, 15) is 5.26 Å². The highest BCUT2D eigenvalue weighted by Gasteiger charge is 2.34. The number of hydrogen-bond acceptors (Lipinski definition) is 5. The Bertz CT molecular complexity index is 834. The van der Waals surface area contributed by atoms with Crippen LogP contribution in [0.15, 0.2) is 46.9 Å². The van der Waals surface area contributed by atoms with E-state index >= 15 is 0 Å². The number of methoxy groups -OCH3 is 1. The second-order valence-corrected chi connectivity index (χ2v) is 8.01. The van der Waals surface area contributed by atoms with Gasteiger partial charge in [0.25, 0.3) is 0 Å². The van der Waals surface area contributed by atoms with Gasteiger partial charge in [-0.15, -0.1) is 0 Å². The summed E-state index contributed by atoms with van der Waals surface area (Å²) in [5.41, 5.74) is 3.03. The Kier molecular flexibility index (Phi) is 5.24. The molecule has 6 heteroatoms. The van der Waals surface area contributed by atoms with Crippen molar-refractivity contribution in [1.82, 2.24) is 4.90 Å². The molecule has 5 nitrogen and oxygen atoms in total. The van der Waals surface area contributed by atoms with E-state index in [1.165, 1.54) is 5.69 Å². The highest BCUT2D eigenvalue weighted by molar-refractivity contribution is 9.10. The summed E-state index contributed by atoms with van der Waals surface area (Å²) in [5, 5.41) is 9.20. The molecule has 2 aromatic rings. The van der Waals surface area contributed by atoms with Crippen LogP contribution in [-0.4, -0.2) is 57.3 Å². The van der Waals surface area contributed by atoms with Gasteiger partial charge in [0.15, 0.2) is 0 Å². The third-order valence-corrected chi connectivity index (χ3v) is 6.03. The Hall–Kier alpha value is -2.23. The van der Waals surface area contributed by atoms with Gasteiger partial charge in [0, 0.05) is 67.2 Å². The van der Waals surface area contributed by atoms with Gasteiger partial charge in [0.1, 0.15) is 5.75 Å². The van der Waals surface area contributed by atoms with Gasteiger partial charge in [0.2, 0.25) is 0 Å². The Balaban J connectivity index is 1.32. The second kappa shape index (κ2) is 7.79. The summed E-state index contributed by atoms with van der Waals surface area (Å²) in [6, 6.07) is 17.1. The Morgan fingerprint density at radius 1 is 0.963 bits per heavy atom. The minimum Gasteiger partial charge on any atom is -0.497 e. The van der Waals surface area contributed by atoms with Crippen LogP contribution in [0, 0.1) is 11.3 Å². The summed E-state index contributed by atoms with van der Waals surface area (Å²) < 4.78 is 6.45. The van der Waals surface area contributed by atoms with Crippen LogP contribution in [0.1, 0.15) is 5.56 Å². The smallest absolute Gasteiger partial charge is 0.122 e. The van der Waals surface area contributed by atoms with Crippen LogP contribution in [0.25, 0.3) is 0 Å². The molecular weight excluding hydrogens is 404 g/mol. The van der Waals surface area contributed by atoms with Gasteiger partial charge in [-0.2, -0.15) is 5.26 Å². The van der Waals surface area contributed by atoms with Crippen LogP contribution in [0.5, 0.6) is 5.75 Å². The van der Waals surface area contributed by atoms with Gasteiger partial charge in [-0.05, 0) is 36.4 Å². The van der Waals surface area contributed by atoms with E-state index in [2.05, 4.69) is 61.0 Å². The number of halogens is 1. The number of nitriles is 1. The first-order valence-electron chi connectivity index (χ1n) is 9.25. The molecule has 0 aromatic heterocycles. The van der Waals surface area contributed by atoms with E-state index in [1.807, 2.05) is 12.1 Å². The van der Waals surface area contributed by atoms with E-state index in [1.54, 1.807) is 13.2 Å². The largest absolute Gasteiger partial charge is 0.497 e. The fraction of sp³-hybridized carbons (Fsp3) is 0.381. The summed E-state index contributed by atoms with van der Waals surface area (Å²) in [5.74, 6) is 0.746.